The second-order valence-corrected chi connectivity index (χ2v) is 4.34. The highest BCUT2D eigenvalue weighted by Gasteiger charge is 2.27. The van der Waals surface area contributed by atoms with Crippen LogP contribution in [0, 0.1) is 0 Å². The highest BCUT2D eigenvalue weighted by atomic mass is 19.4. The minimum atomic E-state index is -4.31. The number of hydrogen-bond acceptors (Lipinski definition) is 5. The normalized spacial score (nSPS) is 15.5. The molecule has 1 rings (SSSR count). The summed E-state index contributed by atoms with van der Waals surface area (Å²) in [6, 6.07) is -0.125. The summed E-state index contributed by atoms with van der Waals surface area (Å²) in [6.07, 6.45) is -3.39. The molecule has 0 bridgehead atoms. The molecular formula is C11H18F3N3O2. The predicted molar refractivity (Wildman–Crippen MR) is 61.6 cm³/mol. The minimum absolute atomic E-state index is 0.0441. The first-order valence-electron chi connectivity index (χ1n) is 6.06. The Morgan fingerprint density at radius 3 is 2.63 bits per heavy atom. The third kappa shape index (κ3) is 5.56. The summed E-state index contributed by atoms with van der Waals surface area (Å²) < 4.78 is 45.0. The van der Waals surface area contributed by atoms with Gasteiger partial charge in [-0.25, -0.2) is 0 Å². The lowest BCUT2D eigenvalue weighted by atomic mass is 9.99. The van der Waals surface area contributed by atoms with Crippen molar-refractivity contribution in [2.75, 3.05) is 13.2 Å². The maximum absolute atomic E-state index is 11.8. The van der Waals surface area contributed by atoms with E-state index in [1.54, 1.807) is 0 Å². The second-order valence-electron chi connectivity index (χ2n) is 4.34. The molecule has 5 nitrogen and oxygen atoms in total. The van der Waals surface area contributed by atoms with Crippen molar-refractivity contribution in [1.82, 2.24) is 10.1 Å². The summed E-state index contributed by atoms with van der Waals surface area (Å²) in [4.78, 5) is 4.12. The molecule has 0 saturated heterocycles. The molecule has 8 heteroatoms. The van der Waals surface area contributed by atoms with Crippen molar-refractivity contribution in [3.8, 4) is 0 Å². The third-order valence-electron chi connectivity index (χ3n) is 2.61. The molecule has 19 heavy (non-hydrogen) atoms. The van der Waals surface area contributed by atoms with Crippen LogP contribution >= 0.6 is 0 Å². The molecule has 0 fully saturated rings. The van der Waals surface area contributed by atoms with Crippen LogP contribution in [0.3, 0.4) is 0 Å². The maximum atomic E-state index is 11.8. The molecule has 0 radical (unpaired) electrons. The van der Waals surface area contributed by atoms with Gasteiger partial charge in [0.2, 0.25) is 5.89 Å². The molecule has 0 aromatic carbocycles. The van der Waals surface area contributed by atoms with Crippen molar-refractivity contribution in [3.05, 3.63) is 11.7 Å². The van der Waals surface area contributed by atoms with Crippen LogP contribution < -0.4 is 5.73 Å². The van der Waals surface area contributed by atoms with Gasteiger partial charge in [0, 0.05) is 12.5 Å². The number of aromatic nitrogens is 2. The van der Waals surface area contributed by atoms with E-state index in [-0.39, 0.29) is 25.0 Å². The summed E-state index contributed by atoms with van der Waals surface area (Å²) in [5.74, 6) is 0.705. The Morgan fingerprint density at radius 2 is 2.11 bits per heavy atom. The predicted octanol–water partition coefficient (Wildman–Crippen LogP) is 2.03. The Morgan fingerprint density at radius 1 is 1.42 bits per heavy atom. The van der Waals surface area contributed by atoms with Crippen molar-refractivity contribution in [2.45, 2.75) is 44.8 Å². The highest BCUT2D eigenvalue weighted by Crippen LogP contribution is 2.20. The van der Waals surface area contributed by atoms with Crippen molar-refractivity contribution in [2.24, 2.45) is 5.73 Å². The number of nitrogens with two attached hydrogens (primary N) is 1. The van der Waals surface area contributed by atoms with E-state index in [0.29, 0.717) is 11.7 Å². The van der Waals surface area contributed by atoms with Crippen LogP contribution in [0.2, 0.25) is 0 Å². The number of halogens is 3. The van der Waals surface area contributed by atoms with Crippen LogP contribution in [0.15, 0.2) is 4.52 Å². The quantitative estimate of drug-likeness (QED) is 0.774. The van der Waals surface area contributed by atoms with E-state index in [1.807, 2.05) is 13.8 Å². The molecule has 0 amide bonds. The van der Waals surface area contributed by atoms with Crippen LogP contribution in [-0.2, 0) is 11.2 Å². The monoisotopic (exact) mass is 281 g/mol. The lowest BCUT2D eigenvalue weighted by Gasteiger charge is -2.13. The number of nitrogens with zero attached hydrogens (tertiary/aromatic N) is 2. The molecular weight excluding hydrogens is 263 g/mol. The van der Waals surface area contributed by atoms with Gasteiger partial charge >= 0.3 is 6.18 Å². The lowest BCUT2D eigenvalue weighted by molar-refractivity contribution is -0.173. The van der Waals surface area contributed by atoms with Gasteiger partial charge in [-0.3, -0.25) is 0 Å². The van der Waals surface area contributed by atoms with Crippen LogP contribution in [0.25, 0.3) is 0 Å². The standard InChI is InChI=1S/C11H18F3N3O2/c1-3-8(7(2)15)10-16-9(17-19-10)4-5-18-6-11(12,13)14/h7-8H,3-6,15H2,1-2H3. The summed E-state index contributed by atoms with van der Waals surface area (Å²) in [7, 11) is 0. The fraction of sp³-hybridized carbons (Fsp3) is 0.818. The Labute approximate surface area is 109 Å². The smallest absolute Gasteiger partial charge is 0.372 e. The van der Waals surface area contributed by atoms with E-state index in [4.69, 9.17) is 10.3 Å². The van der Waals surface area contributed by atoms with E-state index >= 15 is 0 Å². The zero-order chi connectivity index (χ0) is 14.5. The van der Waals surface area contributed by atoms with Gasteiger partial charge in [0.1, 0.15) is 6.61 Å². The summed E-state index contributed by atoms with van der Waals surface area (Å²) in [5, 5.41) is 3.70. The number of hydrogen-bond donors (Lipinski definition) is 1. The SMILES string of the molecule is CCC(c1nc(CCOCC(F)(F)F)no1)C(C)N. The largest absolute Gasteiger partial charge is 0.411 e. The van der Waals surface area contributed by atoms with E-state index in [0.717, 1.165) is 6.42 Å². The summed E-state index contributed by atoms with van der Waals surface area (Å²) in [5.41, 5.74) is 5.78. The number of rotatable bonds is 7. The molecule has 2 unspecified atom stereocenters. The molecule has 1 aromatic heterocycles. The Balaban J connectivity index is 2.43. The first kappa shape index (κ1) is 15.9. The van der Waals surface area contributed by atoms with E-state index in [1.165, 1.54) is 0 Å². The average Bonchev–Trinajstić information content (AvgIpc) is 2.72. The fourth-order valence-corrected chi connectivity index (χ4v) is 1.64. The third-order valence-corrected chi connectivity index (χ3v) is 2.61. The maximum Gasteiger partial charge on any atom is 0.411 e. The number of alkyl halides is 3. The van der Waals surface area contributed by atoms with Crippen molar-refractivity contribution < 1.29 is 22.4 Å². The Bertz CT molecular complexity index is 380. The minimum Gasteiger partial charge on any atom is -0.372 e. The van der Waals surface area contributed by atoms with Gasteiger partial charge in [-0.15, -0.1) is 0 Å². The van der Waals surface area contributed by atoms with Crippen molar-refractivity contribution >= 4 is 0 Å². The van der Waals surface area contributed by atoms with Gasteiger partial charge in [-0.05, 0) is 13.3 Å². The molecule has 2 N–H and O–H groups in total. The van der Waals surface area contributed by atoms with Crippen molar-refractivity contribution in [3.63, 3.8) is 0 Å². The Hall–Kier alpha value is -1.15. The molecule has 0 spiro atoms. The molecule has 2 atom stereocenters. The van der Waals surface area contributed by atoms with Crippen LogP contribution in [-0.4, -0.2) is 35.6 Å². The van der Waals surface area contributed by atoms with Gasteiger partial charge in [0.05, 0.1) is 12.5 Å². The van der Waals surface area contributed by atoms with Crippen molar-refractivity contribution in [1.29, 1.82) is 0 Å². The fourth-order valence-electron chi connectivity index (χ4n) is 1.64. The summed E-state index contributed by atoms with van der Waals surface area (Å²) >= 11 is 0. The first-order valence-corrected chi connectivity index (χ1v) is 6.06. The molecule has 0 aliphatic heterocycles. The van der Waals surface area contributed by atoms with Crippen LogP contribution in [0.5, 0.6) is 0 Å². The Kier molecular flexibility index (Phi) is 5.74. The zero-order valence-corrected chi connectivity index (χ0v) is 10.9. The van der Waals surface area contributed by atoms with Gasteiger partial charge in [-0.2, -0.15) is 18.2 Å². The number of ether oxygens (including phenoxy) is 1. The van der Waals surface area contributed by atoms with E-state index < -0.39 is 12.8 Å². The molecule has 0 saturated carbocycles. The van der Waals surface area contributed by atoms with E-state index in [2.05, 4.69) is 14.9 Å². The molecule has 110 valence electrons. The molecule has 1 heterocycles. The highest BCUT2D eigenvalue weighted by molar-refractivity contribution is 4.97. The van der Waals surface area contributed by atoms with Gasteiger partial charge < -0.3 is 15.0 Å². The molecule has 0 aliphatic rings. The second kappa shape index (κ2) is 6.85. The van der Waals surface area contributed by atoms with Gasteiger partial charge in [-0.1, -0.05) is 12.1 Å². The summed E-state index contributed by atoms with van der Waals surface area (Å²) in [6.45, 7) is 2.41. The van der Waals surface area contributed by atoms with Gasteiger partial charge in [0.15, 0.2) is 5.82 Å². The van der Waals surface area contributed by atoms with E-state index in [9.17, 15) is 13.2 Å². The lowest BCUT2D eigenvalue weighted by Crippen LogP contribution is -2.24. The van der Waals surface area contributed by atoms with Gasteiger partial charge in [0.25, 0.3) is 0 Å². The molecule has 0 aliphatic carbocycles. The van der Waals surface area contributed by atoms with Crippen LogP contribution in [0.4, 0.5) is 13.2 Å². The zero-order valence-electron chi connectivity index (χ0n) is 10.9. The average molecular weight is 281 g/mol. The molecule has 1 aromatic rings. The first-order chi connectivity index (χ1) is 8.83. The topological polar surface area (TPSA) is 74.2 Å². The van der Waals surface area contributed by atoms with Crippen LogP contribution in [0.1, 0.15) is 37.9 Å².